The number of hydrogen-bond donors (Lipinski definition) is 1. The van der Waals surface area contributed by atoms with E-state index >= 15 is 0 Å². The molecule has 2 N–H and O–H groups in total. The van der Waals surface area contributed by atoms with Crippen molar-refractivity contribution < 1.29 is 13.2 Å². The maximum absolute atomic E-state index is 12.5. The van der Waals surface area contributed by atoms with Crippen LogP contribution in [0.25, 0.3) is 0 Å². The van der Waals surface area contributed by atoms with Crippen LogP contribution in [0.4, 0.5) is 24.5 Å². The molecular formula is C12H14F3N3. The normalized spacial score (nSPS) is 11.4. The van der Waals surface area contributed by atoms with Gasteiger partial charge in [-0.15, -0.1) is 0 Å². The van der Waals surface area contributed by atoms with Gasteiger partial charge in [0.25, 0.3) is 0 Å². The fourth-order valence-electron chi connectivity index (χ4n) is 1.60. The Morgan fingerprint density at radius 3 is 2.39 bits per heavy atom. The van der Waals surface area contributed by atoms with E-state index in [4.69, 9.17) is 11.0 Å². The Bertz CT molecular complexity index is 461. The molecule has 1 rings (SSSR count). The van der Waals surface area contributed by atoms with Crippen molar-refractivity contribution in [2.45, 2.75) is 26.1 Å². The van der Waals surface area contributed by atoms with Gasteiger partial charge >= 0.3 is 6.18 Å². The molecule has 0 aliphatic rings. The van der Waals surface area contributed by atoms with Gasteiger partial charge in [-0.3, -0.25) is 0 Å². The number of nitrogen functional groups attached to an aromatic ring is 1. The molecule has 0 fully saturated rings. The largest absolute Gasteiger partial charge is 0.405 e. The standard InChI is InChI=1S/C12H14F3N3/c1-8(2)18(7-12(13,14)15)10-4-3-9(6-16)11(17)5-10/h3-5,8H,7,17H2,1-2H3. The predicted molar refractivity (Wildman–Crippen MR) is 64.1 cm³/mol. The van der Waals surface area contributed by atoms with Crippen molar-refractivity contribution in [3.63, 3.8) is 0 Å². The molecule has 18 heavy (non-hydrogen) atoms. The van der Waals surface area contributed by atoms with Crippen molar-refractivity contribution in [3.05, 3.63) is 23.8 Å². The molecule has 1 aromatic rings. The third-order valence-corrected chi connectivity index (χ3v) is 2.46. The Hall–Kier alpha value is -1.90. The summed E-state index contributed by atoms with van der Waals surface area (Å²) in [5.74, 6) is 0. The van der Waals surface area contributed by atoms with Gasteiger partial charge in [0.1, 0.15) is 12.6 Å². The molecule has 0 saturated carbocycles. The van der Waals surface area contributed by atoms with E-state index < -0.39 is 12.7 Å². The van der Waals surface area contributed by atoms with Gasteiger partial charge in [-0.1, -0.05) is 0 Å². The molecule has 0 aliphatic heterocycles. The van der Waals surface area contributed by atoms with Crippen LogP contribution < -0.4 is 10.6 Å². The highest BCUT2D eigenvalue weighted by Gasteiger charge is 2.32. The summed E-state index contributed by atoms with van der Waals surface area (Å²) in [4.78, 5) is 1.19. The summed E-state index contributed by atoms with van der Waals surface area (Å²) in [5, 5.41) is 8.72. The van der Waals surface area contributed by atoms with Crippen LogP contribution in [0.2, 0.25) is 0 Å². The average Bonchev–Trinajstić information content (AvgIpc) is 2.24. The number of anilines is 2. The number of hydrogen-bond acceptors (Lipinski definition) is 3. The molecule has 0 atom stereocenters. The number of nitrogens with two attached hydrogens (primary N) is 1. The Balaban J connectivity index is 3.08. The molecule has 98 valence electrons. The molecule has 1 aromatic carbocycles. The number of rotatable bonds is 3. The quantitative estimate of drug-likeness (QED) is 0.847. The van der Waals surface area contributed by atoms with E-state index in [0.717, 1.165) is 0 Å². The zero-order valence-electron chi connectivity index (χ0n) is 10.1. The van der Waals surface area contributed by atoms with Crippen molar-refractivity contribution in [2.75, 3.05) is 17.2 Å². The Morgan fingerprint density at radius 1 is 1.39 bits per heavy atom. The summed E-state index contributed by atoms with van der Waals surface area (Å²) in [6, 6.07) is 5.85. The Morgan fingerprint density at radius 2 is 2.00 bits per heavy atom. The van der Waals surface area contributed by atoms with Crippen LogP contribution in [-0.2, 0) is 0 Å². The molecule has 0 amide bonds. The van der Waals surface area contributed by atoms with E-state index in [2.05, 4.69) is 0 Å². The number of alkyl halides is 3. The van der Waals surface area contributed by atoms with Gasteiger partial charge in [-0.25, -0.2) is 0 Å². The highest BCUT2D eigenvalue weighted by Crippen LogP contribution is 2.26. The van der Waals surface area contributed by atoms with E-state index in [9.17, 15) is 13.2 Å². The van der Waals surface area contributed by atoms with Gasteiger partial charge in [0.2, 0.25) is 0 Å². The molecule has 0 unspecified atom stereocenters. The SMILES string of the molecule is CC(C)N(CC(F)(F)F)c1ccc(C#N)c(N)c1. The maximum atomic E-state index is 12.5. The first-order valence-electron chi connectivity index (χ1n) is 5.37. The summed E-state index contributed by atoms with van der Waals surface area (Å²) in [6.07, 6.45) is -4.28. The van der Waals surface area contributed by atoms with Crippen molar-refractivity contribution in [1.29, 1.82) is 5.26 Å². The smallest absolute Gasteiger partial charge is 0.398 e. The van der Waals surface area contributed by atoms with E-state index in [1.165, 1.54) is 23.1 Å². The molecule has 0 saturated heterocycles. The molecule has 6 heteroatoms. The van der Waals surface area contributed by atoms with Crippen molar-refractivity contribution in [2.24, 2.45) is 0 Å². The molecule has 0 radical (unpaired) electrons. The van der Waals surface area contributed by atoms with Crippen LogP contribution in [0.5, 0.6) is 0 Å². The van der Waals surface area contributed by atoms with Crippen LogP contribution in [-0.4, -0.2) is 18.8 Å². The fraction of sp³-hybridized carbons (Fsp3) is 0.417. The fourth-order valence-corrected chi connectivity index (χ4v) is 1.60. The van der Waals surface area contributed by atoms with Crippen LogP contribution in [0, 0.1) is 11.3 Å². The van der Waals surface area contributed by atoms with Gasteiger partial charge in [0, 0.05) is 11.7 Å². The minimum Gasteiger partial charge on any atom is -0.398 e. The molecule has 0 spiro atoms. The lowest BCUT2D eigenvalue weighted by molar-refractivity contribution is -0.120. The minimum absolute atomic E-state index is 0.183. The van der Waals surface area contributed by atoms with Crippen LogP contribution in [0.1, 0.15) is 19.4 Å². The second-order valence-corrected chi connectivity index (χ2v) is 4.22. The minimum atomic E-state index is -4.28. The lowest BCUT2D eigenvalue weighted by Gasteiger charge is -2.30. The predicted octanol–water partition coefficient (Wildman–Crippen LogP) is 2.92. The molecular weight excluding hydrogens is 243 g/mol. The number of benzene rings is 1. The second kappa shape index (κ2) is 5.17. The Kier molecular flexibility index (Phi) is 4.07. The van der Waals surface area contributed by atoms with Gasteiger partial charge in [0.05, 0.1) is 11.3 Å². The Labute approximate surface area is 104 Å². The summed E-state index contributed by atoms with van der Waals surface area (Å²) in [5.41, 5.74) is 6.41. The van der Waals surface area contributed by atoms with Gasteiger partial charge in [0.15, 0.2) is 0 Å². The summed E-state index contributed by atoms with van der Waals surface area (Å²) in [7, 11) is 0. The maximum Gasteiger partial charge on any atom is 0.405 e. The van der Waals surface area contributed by atoms with Crippen LogP contribution in [0.3, 0.4) is 0 Å². The lowest BCUT2D eigenvalue weighted by Crippen LogP contribution is -2.39. The first kappa shape index (κ1) is 14.2. The first-order chi connectivity index (χ1) is 8.24. The highest BCUT2D eigenvalue weighted by molar-refractivity contribution is 5.63. The topological polar surface area (TPSA) is 53.0 Å². The average molecular weight is 257 g/mol. The third kappa shape index (κ3) is 3.55. The molecule has 0 bridgehead atoms. The zero-order valence-corrected chi connectivity index (χ0v) is 10.1. The third-order valence-electron chi connectivity index (χ3n) is 2.46. The van der Waals surface area contributed by atoms with Gasteiger partial charge < -0.3 is 10.6 Å². The van der Waals surface area contributed by atoms with Gasteiger partial charge in [-0.05, 0) is 32.0 Å². The number of nitriles is 1. The van der Waals surface area contributed by atoms with Gasteiger partial charge in [-0.2, -0.15) is 18.4 Å². The number of nitrogens with zero attached hydrogens (tertiary/aromatic N) is 2. The van der Waals surface area contributed by atoms with E-state index in [1.54, 1.807) is 13.8 Å². The first-order valence-corrected chi connectivity index (χ1v) is 5.37. The highest BCUT2D eigenvalue weighted by atomic mass is 19.4. The van der Waals surface area contributed by atoms with E-state index in [-0.39, 0.29) is 17.3 Å². The monoisotopic (exact) mass is 257 g/mol. The van der Waals surface area contributed by atoms with Crippen molar-refractivity contribution >= 4 is 11.4 Å². The van der Waals surface area contributed by atoms with Crippen LogP contribution in [0.15, 0.2) is 18.2 Å². The molecule has 0 aromatic heterocycles. The molecule has 0 aliphatic carbocycles. The summed E-state index contributed by atoms with van der Waals surface area (Å²) in [6.45, 7) is 2.29. The summed E-state index contributed by atoms with van der Waals surface area (Å²) >= 11 is 0. The van der Waals surface area contributed by atoms with Crippen molar-refractivity contribution in [3.8, 4) is 6.07 Å². The molecule has 3 nitrogen and oxygen atoms in total. The molecule has 0 heterocycles. The van der Waals surface area contributed by atoms with E-state index in [0.29, 0.717) is 5.69 Å². The second-order valence-electron chi connectivity index (χ2n) is 4.22. The zero-order chi connectivity index (χ0) is 13.9. The number of halogens is 3. The summed E-state index contributed by atoms with van der Waals surface area (Å²) < 4.78 is 37.4. The van der Waals surface area contributed by atoms with Crippen LogP contribution >= 0.6 is 0 Å². The lowest BCUT2D eigenvalue weighted by atomic mass is 10.1. The van der Waals surface area contributed by atoms with E-state index in [1.807, 2.05) is 6.07 Å². The van der Waals surface area contributed by atoms with Crippen molar-refractivity contribution in [1.82, 2.24) is 0 Å².